The summed E-state index contributed by atoms with van der Waals surface area (Å²) >= 11 is 0. The number of rotatable bonds is 5. The lowest BCUT2D eigenvalue weighted by atomic mass is 10.2. The van der Waals surface area contributed by atoms with Crippen LogP contribution in [0, 0.1) is 0 Å². The Labute approximate surface area is 85.0 Å². The number of nitrogens with one attached hydrogen (secondary N) is 1. The van der Waals surface area contributed by atoms with Crippen LogP contribution >= 0.6 is 0 Å². The molecule has 4 nitrogen and oxygen atoms in total. The van der Waals surface area contributed by atoms with Crippen LogP contribution in [0.25, 0.3) is 0 Å². The second kappa shape index (κ2) is 5.12. The fourth-order valence-corrected chi connectivity index (χ4v) is 1.44. The van der Waals surface area contributed by atoms with Crippen molar-refractivity contribution in [1.29, 1.82) is 0 Å². The molecular weight excluding hydrogens is 178 g/mol. The third-order valence-corrected chi connectivity index (χ3v) is 2.24. The smallest absolute Gasteiger partial charge is 0.125 e. The third-order valence-electron chi connectivity index (χ3n) is 2.24. The summed E-state index contributed by atoms with van der Waals surface area (Å²) in [4.78, 5) is 4.28. The number of imidazole rings is 1. The van der Waals surface area contributed by atoms with Gasteiger partial charge in [-0.15, -0.1) is 0 Å². The van der Waals surface area contributed by atoms with E-state index in [0.29, 0.717) is 6.54 Å². The summed E-state index contributed by atoms with van der Waals surface area (Å²) in [6.07, 6.45) is 4.38. The van der Waals surface area contributed by atoms with Crippen LogP contribution in [-0.4, -0.2) is 27.3 Å². The summed E-state index contributed by atoms with van der Waals surface area (Å²) < 4.78 is 2.00. The Balaban J connectivity index is 2.58. The number of aliphatic hydroxyl groups excluding tert-OH is 1. The number of aromatic nitrogens is 2. The van der Waals surface area contributed by atoms with Crippen molar-refractivity contribution < 1.29 is 5.11 Å². The number of aliphatic hydroxyl groups is 1. The van der Waals surface area contributed by atoms with E-state index in [0.717, 1.165) is 12.2 Å². The van der Waals surface area contributed by atoms with Gasteiger partial charge in [0.1, 0.15) is 5.82 Å². The average Bonchev–Trinajstić information content (AvgIpc) is 2.53. The van der Waals surface area contributed by atoms with E-state index in [1.165, 1.54) is 0 Å². The molecule has 1 aromatic rings. The second-order valence-corrected chi connectivity index (χ2v) is 3.61. The van der Waals surface area contributed by atoms with Gasteiger partial charge in [0.15, 0.2) is 0 Å². The summed E-state index contributed by atoms with van der Waals surface area (Å²) in [5, 5.41) is 12.5. The molecule has 14 heavy (non-hydrogen) atoms. The van der Waals surface area contributed by atoms with Gasteiger partial charge in [-0.1, -0.05) is 6.92 Å². The Bertz CT molecular complexity index is 270. The second-order valence-electron chi connectivity index (χ2n) is 3.61. The molecule has 0 aliphatic carbocycles. The molecule has 0 aliphatic rings. The highest BCUT2D eigenvalue weighted by molar-refractivity contribution is 4.98. The van der Waals surface area contributed by atoms with E-state index in [1.54, 1.807) is 13.1 Å². The van der Waals surface area contributed by atoms with E-state index in [2.05, 4.69) is 17.2 Å². The Morgan fingerprint density at radius 3 is 2.79 bits per heavy atom. The lowest BCUT2D eigenvalue weighted by Gasteiger charge is -2.17. The van der Waals surface area contributed by atoms with Gasteiger partial charge < -0.3 is 15.0 Å². The molecule has 0 radical (unpaired) electrons. The van der Waals surface area contributed by atoms with Crippen LogP contribution in [0.2, 0.25) is 0 Å². The van der Waals surface area contributed by atoms with Gasteiger partial charge in [0.05, 0.1) is 12.1 Å². The zero-order valence-corrected chi connectivity index (χ0v) is 9.07. The Morgan fingerprint density at radius 1 is 1.64 bits per heavy atom. The molecule has 0 saturated carbocycles. The molecule has 0 aliphatic heterocycles. The summed E-state index contributed by atoms with van der Waals surface area (Å²) in [6, 6.07) is 0.226. The van der Waals surface area contributed by atoms with Gasteiger partial charge >= 0.3 is 0 Å². The molecule has 80 valence electrons. The minimum atomic E-state index is -0.315. The van der Waals surface area contributed by atoms with Crippen molar-refractivity contribution in [2.75, 3.05) is 6.54 Å². The highest BCUT2D eigenvalue weighted by Gasteiger charge is 2.13. The Morgan fingerprint density at radius 2 is 2.36 bits per heavy atom. The fourth-order valence-electron chi connectivity index (χ4n) is 1.44. The van der Waals surface area contributed by atoms with Crippen LogP contribution in [0.5, 0.6) is 0 Å². The largest absolute Gasteiger partial charge is 0.392 e. The first kappa shape index (κ1) is 11.2. The van der Waals surface area contributed by atoms with Gasteiger partial charge in [0.2, 0.25) is 0 Å². The van der Waals surface area contributed by atoms with Gasteiger partial charge in [-0.25, -0.2) is 4.98 Å². The number of hydrogen-bond donors (Lipinski definition) is 2. The first-order chi connectivity index (χ1) is 6.65. The molecule has 1 heterocycles. The van der Waals surface area contributed by atoms with Crippen molar-refractivity contribution in [3.05, 3.63) is 18.2 Å². The van der Waals surface area contributed by atoms with Gasteiger partial charge in [-0.2, -0.15) is 0 Å². The first-order valence-electron chi connectivity index (χ1n) is 5.03. The Kier molecular flexibility index (Phi) is 4.10. The standard InChI is InChI=1S/C10H19N3O/c1-4-9(12-7-8(2)14)10-11-5-6-13(10)3/h5-6,8-9,12,14H,4,7H2,1-3H3. The Hall–Kier alpha value is -0.870. The van der Waals surface area contributed by atoms with Gasteiger partial charge in [-0.05, 0) is 13.3 Å². The van der Waals surface area contributed by atoms with E-state index in [9.17, 15) is 5.11 Å². The molecule has 4 heteroatoms. The monoisotopic (exact) mass is 197 g/mol. The highest BCUT2D eigenvalue weighted by Crippen LogP contribution is 2.13. The SMILES string of the molecule is CCC(NCC(C)O)c1nccn1C. The van der Waals surface area contributed by atoms with Crippen molar-refractivity contribution in [2.45, 2.75) is 32.4 Å². The van der Waals surface area contributed by atoms with Crippen LogP contribution in [0.3, 0.4) is 0 Å². The molecule has 0 spiro atoms. The molecule has 0 aromatic carbocycles. The molecular formula is C10H19N3O. The summed E-state index contributed by atoms with van der Waals surface area (Å²) in [7, 11) is 1.98. The van der Waals surface area contributed by atoms with Crippen LogP contribution in [0.1, 0.15) is 32.1 Å². The number of nitrogens with zero attached hydrogens (tertiary/aromatic N) is 2. The third kappa shape index (κ3) is 2.82. The lowest BCUT2D eigenvalue weighted by Crippen LogP contribution is -2.30. The minimum absolute atomic E-state index is 0.226. The molecule has 2 atom stereocenters. The van der Waals surface area contributed by atoms with E-state index in [1.807, 2.05) is 17.8 Å². The maximum Gasteiger partial charge on any atom is 0.125 e. The van der Waals surface area contributed by atoms with E-state index in [-0.39, 0.29) is 12.1 Å². The summed E-state index contributed by atoms with van der Waals surface area (Å²) in [5.74, 6) is 1.02. The maximum atomic E-state index is 9.17. The molecule has 2 unspecified atom stereocenters. The zero-order chi connectivity index (χ0) is 10.6. The average molecular weight is 197 g/mol. The van der Waals surface area contributed by atoms with Gasteiger partial charge in [0.25, 0.3) is 0 Å². The topological polar surface area (TPSA) is 50.1 Å². The van der Waals surface area contributed by atoms with Crippen molar-refractivity contribution >= 4 is 0 Å². The van der Waals surface area contributed by atoms with Crippen LogP contribution in [-0.2, 0) is 7.05 Å². The normalized spacial score (nSPS) is 15.4. The number of hydrogen-bond acceptors (Lipinski definition) is 3. The lowest BCUT2D eigenvalue weighted by molar-refractivity contribution is 0.184. The van der Waals surface area contributed by atoms with Crippen LogP contribution < -0.4 is 5.32 Å². The minimum Gasteiger partial charge on any atom is -0.392 e. The first-order valence-corrected chi connectivity index (χ1v) is 5.03. The summed E-state index contributed by atoms with van der Waals surface area (Å²) in [5.41, 5.74) is 0. The molecule has 0 fully saturated rings. The van der Waals surface area contributed by atoms with Crippen LogP contribution in [0.15, 0.2) is 12.4 Å². The molecule has 0 saturated heterocycles. The fraction of sp³-hybridized carbons (Fsp3) is 0.700. The maximum absolute atomic E-state index is 9.17. The van der Waals surface area contributed by atoms with Gasteiger partial charge in [-0.3, -0.25) is 0 Å². The van der Waals surface area contributed by atoms with E-state index in [4.69, 9.17) is 0 Å². The predicted molar refractivity (Wildman–Crippen MR) is 55.9 cm³/mol. The summed E-state index contributed by atoms with van der Waals surface area (Å²) in [6.45, 7) is 4.48. The van der Waals surface area contributed by atoms with Crippen LogP contribution in [0.4, 0.5) is 0 Å². The molecule has 1 rings (SSSR count). The van der Waals surface area contributed by atoms with Crippen molar-refractivity contribution in [3.8, 4) is 0 Å². The van der Waals surface area contributed by atoms with Crippen molar-refractivity contribution in [3.63, 3.8) is 0 Å². The molecule has 2 N–H and O–H groups in total. The number of aryl methyl sites for hydroxylation is 1. The molecule has 1 aromatic heterocycles. The van der Waals surface area contributed by atoms with Crippen molar-refractivity contribution in [1.82, 2.24) is 14.9 Å². The quantitative estimate of drug-likeness (QED) is 0.735. The zero-order valence-electron chi connectivity index (χ0n) is 9.07. The molecule has 0 amide bonds. The van der Waals surface area contributed by atoms with Crippen molar-refractivity contribution in [2.24, 2.45) is 7.05 Å². The van der Waals surface area contributed by atoms with Gasteiger partial charge in [0, 0.05) is 26.0 Å². The molecule has 0 bridgehead atoms. The predicted octanol–water partition coefficient (Wildman–Crippen LogP) is 0.842. The van der Waals surface area contributed by atoms with E-state index >= 15 is 0 Å². The highest BCUT2D eigenvalue weighted by atomic mass is 16.3. The van der Waals surface area contributed by atoms with E-state index < -0.39 is 0 Å².